The van der Waals surface area contributed by atoms with Gasteiger partial charge in [-0.05, 0) is 48.2 Å². The summed E-state index contributed by atoms with van der Waals surface area (Å²) < 4.78 is 50.7. The van der Waals surface area contributed by atoms with Crippen molar-refractivity contribution in [3.63, 3.8) is 0 Å². The Morgan fingerprint density at radius 2 is 1.65 bits per heavy atom. The highest BCUT2D eigenvalue weighted by Gasteiger charge is 2.51. The standard InChI is InChI=1S/C19H17F4NO2/c20-15-7-5-13(6-8-15)18(9-10-18)17(26)24-11-16(25)12-1-3-14(4-2-12)19(21,22)23/h1-8,16,25H,9-11H2,(H,24,26)/t16-/m1/s1. The first-order valence-corrected chi connectivity index (χ1v) is 8.12. The Morgan fingerprint density at radius 1 is 1.08 bits per heavy atom. The van der Waals surface area contributed by atoms with Gasteiger partial charge < -0.3 is 10.4 Å². The van der Waals surface area contributed by atoms with Crippen LogP contribution in [0.15, 0.2) is 48.5 Å². The molecule has 1 fully saturated rings. The van der Waals surface area contributed by atoms with Crippen LogP contribution >= 0.6 is 0 Å². The van der Waals surface area contributed by atoms with E-state index in [0.717, 1.165) is 12.1 Å². The van der Waals surface area contributed by atoms with E-state index in [0.29, 0.717) is 18.4 Å². The van der Waals surface area contributed by atoms with Gasteiger partial charge in [-0.25, -0.2) is 4.39 Å². The molecule has 3 rings (SSSR count). The van der Waals surface area contributed by atoms with Crippen molar-refractivity contribution in [3.05, 3.63) is 71.0 Å². The molecule has 1 amide bonds. The van der Waals surface area contributed by atoms with E-state index in [1.54, 1.807) is 12.1 Å². The van der Waals surface area contributed by atoms with Crippen molar-refractivity contribution in [2.45, 2.75) is 30.5 Å². The van der Waals surface area contributed by atoms with Crippen LogP contribution in [-0.2, 0) is 16.4 Å². The molecule has 0 bridgehead atoms. The molecule has 0 spiro atoms. The Labute approximate surface area is 147 Å². The summed E-state index contributed by atoms with van der Waals surface area (Å²) in [5.41, 5.74) is -0.524. The van der Waals surface area contributed by atoms with Gasteiger partial charge in [0.25, 0.3) is 0 Å². The van der Waals surface area contributed by atoms with Crippen LogP contribution < -0.4 is 5.32 Å². The highest BCUT2D eigenvalue weighted by atomic mass is 19.4. The van der Waals surface area contributed by atoms with Gasteiger partial charge >= 0.3 is 6.18 Å². The molecule has 2 aromatic rings. The predicted octanol–water partition coefficient (Wildman–Crippen LogP) is 3.73. The van der Waals surface area contributed by atoms with Crippen molar-refractivity contribution in [2.75, 3.05) is 6.54 Å². The van der Waals surface area contributed by atoms with E-state index in [2.05, 4.69) is 5.32 Å². The number of aliphatic hydroxyl groups excluding tert-OH is 1. The molecule has 1 atom stereocenters. The van der Waals surface area contributed by atoms with Crippen molar-refractivity contribution in [1.29, 1.82) is 0 Å². The predicted molar refractivity (Wildman–Crippen MR) is 86.7 cm³/mol. The molecule has 138 valence electrons. The second kappa shape index (κ2) is 6.72. The minimum absolute atomic E-state index is 0.118. The van der Waals surface area contributed by atoms with Gasteiger partial charge in [0.1, 0.15) is 5.82 Å². The maximum Gasteiger partial charge on any atom is 0.416 e. The number of rotatable bonds is 5. The Morgan fingerprint density at radius 3 is 2.15 bits per heavy atom. The third-order valence-corrected chi connectivity index (χ3v) is 4.66. The van der Waals surface area contributed by atoms with Crippen LogP contribution in [0.5, 0.6) is 0 Å². The summed E-state index contributed by atoms with van der Waals surface area (Å²) >= 11 is 0. The maximum absolute atomic E-state index is 13.0. The molecule has 2 N–H and O–H groups in total. The molecule has 0 aromatic heterocycles. The second-order valence-corrected chi connectivity index (χ2v) is 6.43. The van der Waals surface area contributed by atoms with E-state index in [9.17, 15) is 27.5 Å². The first kappa shape index (κ1) is 18.4. The lowest BCUT2D eigenvalue weighted by atomic mass is 9.95. The van der Waals surface area contributed by atoms with Crippen LogP contribution in [0, 0.1) is 5.82 Å². The maximum atomic E-state index is 13.0. The minimum atomic E-state index is -4.44. The van der Waals surface area contributed by atoms with Gasteiger partial charge in [-0.1, -0.05) is 24.3 Å². The van der Waals surface area contributed by atoms with E-state index in [4.69, 9.17) is 0 Å². The average molecular weight is 367 g/mol. The Kier molecular flexibility index (Phi) is 4.75. The largest absolute Gasteiger partial charge is 0.416 e. The molecule has 3 nitrogen and oxygen atoms in total. The van der Waals surface area contributed by atoms with Crippen LogP contribution in [0.1, 0.15) is 35.6 Å². The van der Waals surface area contributed by atoms with Crippen LogP contribution in [0.3, 0.4) is 0 Å². The van der Waals surface area contributed by atoms with Gasteiger partial charge in [-0.15, -0.1) is 0 Å². The van der Waals surface area contributed by atoms with Crippen molar-refractivity contribution < 1.29 is 27.5 Å². The number of nitrogens with one attached hydrogen (secondary N) is 1. The molecule has 0 heterocycles. The molecule has 0 aliphatic heterocycles. The van der Waals surface area contributed by atoms with Crippen LogP contribution in [0.4, 0.5) is 17.6 Å². The number of carbonyl (C=O) groups excluding carboxylic acids is 1. The molecule has 2 aromatic carbocycles. The topological polar surface area (TPSA) is 49.3 Å². The van der Waals surface area contributed by atoms with E-state index in [1.807, 2.05) is 0 Å². The quantitative estimate of drug-likeness (QED) is 0.792. The van der Waals surface area contributed by atoms with Crippen LogP contribution in [0.25, 0.3) is 0 Å². The van der Waals surface area contributed by atoms with E-state index < -0.39 is 23.3 Å². The average Bonchev–Trinajstić information content (AvgIpc) is 3.41. The minimum Gasteiger partial charge on any atom is -0.387 e. The summed E-state index contributed by atoms with van der Waals surface area (Å²) in [7, 11) is 0. The normalized spacial score (nSPS) is 16.8. The van der Waals surface area contributed by atoms with Crippen LogP contribution in [0.2, 0.25) is 0 Å². The lowest BCUT2D eigenvalue weighted by molar-refractivity contribution is -0.137. The van der Waals surface area contributed by atoms with Gasteiger partial charge in [0.2, 0.25) is 5.91 Å². The summed E-state index contributed by atoms with van der Waals surface area (Å²) in [6.07, 6.45) is -4.31. The number of hydrogen-bond acceptors (Lipinski definition) is 2. The lowest BCUT2D eigenvalue weighted by Crippen LogP contribution is -2.37. The summed E-state index contributed by atoms with van der Waals surface area (Å²) in [6.45, 7) is -0.118. The number of hydrogen-bond donors (Lipinski definition) is 2. The Balaban J connectivity index is 1.61. The van der Waals surface area contributed by atoms with Gasteiger partial charge in [0.15, 0.2) is 0 Å². The molecule has 7 heteroatoms. The van der Waals surface area contributed by atoms with E-state index in [1.165, 1.54) is 24.3 Å². The molecule has 1 saturated carbocycles. The number of carbonyl (C=O) groups is 1. The number of halogens is 4. The molecule has 1 aliphatic carbocycles. The number of alkyl halides is 3. The summed E-state index contributed by atoms with van der Waals surface area (Å²) in [5, 5.41) is 12.7. The molecule has 0 saturated heterocycles. The SMILES string of the molecule is O=C(NC[C@@H](O)c1ccc(C(F)(F)F)cc1)C1(c2ccc(F)cc2)CC1. The lowest BCUT2D eigenvalue weighted by Gasteiger charge is -2.18. The first-order valence-electron chi connectivity index (χ1n) is 8.12. The zero-order valence-electron chi connectivity index (χ0n) is 13.7. The third-order valence-electron chi connectivity index (χ3n) is 4.66. The summed E-state index contributed by atoms with van der Waals surface area (Å²) in [6, 6.07) is 9.86. The number of aliphatic hydroxyl groups is 1. The number of amides is 1. The Bertz CT molecular complexity index is 781. The van der Waals surface area contributed by atoms with E-state index in [-0.39, 0.29) is 23.8 Å². The molecule has 26 heavy (non-hydrogen) atoms. The van der Waals surface area contributed by atoms with Crippen molar-refractivity contribution in [1.82, 2.24) is 5.32 Å². The zero-order chi connectivity index (χ0) is 18.9. The van der Waals surface area contributed by atoms with Crippen molar-refractivity contribution in [2.24, 2.45) is 0 Å². The molecular weight excluding hydrogens is 350 g/mol. The monoisotopic (exact) mass is 367 g/mol. The van der Waals surface area contributed by atoms with Crippen molar-refractivity contribution >= 4 is 5.91 Å². The van der Waals surface area contributed by atoms with Crippen LogP contribution in [-0.4, -0.2) is 17.6 Å². The van der Waals surface area contributed by atoms with Gasteiger partial charge in [-0.3, -0.25) is 4.79 Å². The van der Waals surface area contributed by atoms with Gasteiger partial charge in [0.05, 0.1) is 17.1 Å². The Hall–Kier alpha value is -2.41. The molecular formula is C19H17F4NO2. The second-order valence-electron chi connectivity index (χ2n) is 6.43. The fraction of sp³-hybridized carbons (Fsp3) is 0.316. The summed E-state index contributed by atoms with van der Waals surface area (Å²) in [5.74, 6) is -0.669. The van der Waals surface area contributed by atoms with Gasteiger partial charge in [0, 0.05) is 6.54 Å². The summed E-state index contributed by atoms with van der Waals surface area (Å²) in [4.78, 5) is 12.5. The fourth-order valence-electron chi connectivity index (χ4n) is 2.91. The highest BCUT2D eigenvalue weighted by molar-refractivity contribution is 5.91. The molecule has 0 unspecified atom stereocenters. The highest BCUT2D eigenvalue weighted by Crippen LogP contribution is 2.48. The first-order chi connectivity index (χ1) is 12.2. The zero-order valence-corrected chi connectivity index (χ0v) is 13.7. The third kappa shape index (κ3) is 3.72. The molecule has 1 aliphatic rings. The van der Waals surface area contributed by atoms with Crippen molar-refractivity contribution in [3.8, 4) is 0 Å². The smallest absolute Gasteiger partial charge is 0.387 e. The number of benzene rings is 2. The van der Waals surface area contributed by atoms with Gasteiger partial charge in [-0.2, -0.15) is 13.2 Å². The molecule has 0 radical (unpaired) electrons. The van der Waals surface area contributed by atoms with E-state index >= 15 is 0 Å². The fourth-order valence-corrected chi connectivity index (χ4v) is 2.91.